The Morgan fingerprint density at radius 2 is 1.79 bits per heavy atom. The molecule has 0 unspecified atom stereocenters. The third-order valence-corrected chi connectivity index (χ3v) is 3.51. The van der Waals surface area contributed by atoms with E-state index >= 15 is 0 Å². The van der Waals surface area contributed by atoms with Crippen molar-refractivity contribution in [1.29, 1.82) is 0 Å². The van der Waals surface area contributed by atoms with Crippen LogP contribution in [0.4, 0.5) is 5.69 Å². The molecule has 0 bridgehead atoms. The second-order valence-electron chi connectivity index (χ2n) is 5.12. The molecule has 3 aromatic rings. The molecule has 4 rings (SSSR count). The summed E-state index contributed by atoms with van der Waals surface area (Å²) in [4.78, 5) is 16.1. The van der Waals surface area contributed by atoms with Crippen LogP contribution in [-0.4, -0.2) is 29.3 Å². The standard InChI is InChI=1S/C17H13N3O4/c21-17(19-12-3-5-18-6-4-12)13-10-15(24-20-13)11-1-2-14-16(9-11)23-8-7-22-14/h1-6,9-10H,7-8H2,(H,18,19,21). The van der Waals surface area contributed by atoms with E-state index in [0.29, 0.717) is 36.2 Å². The van der Waals surface area contributed by atoms with Crippen LogP contribution in [0.2, 0.25) is 0 Å². The Kier molecular flexibility index (Phi) is 3.59. The lowest BCUT2D eigenvalue weighted by Gasteiger charge is -2.18. The van der Waals surface area contributed by atoms with Gasteiger partial charge in [0.1, 0.15) is 13.2 Å². The number of benzene rings is 1. The molecule has 120 valence electrons. The average Bonchev–Trinajstić information content (AvgIpc) is 3.12. The molecule has 0 spiro atoms. The summed E-state index contributed by atoms with van der Waals surface area (Å²) < 4.78 is 16.3. The van der Waals surface area contributed by atoms with Crippen molar-refractivity contribution in [3.8, 4) is 22.8 Å². The lowest BCUT2D eigenvalue weighted by molar-refractivity contribution is 0.101. The highest BCUT2D eigenvalue weighted by atomic mass is 16.6. The van der Waals surface area contributed by atoms with Crippen molar-refractivity contribution >= 4 is 11.6 Å². The lowest BCUT2D eigenvalue weighted by Crippen LogP contribution is -2.15. The van der Waals surface area contributed by atoms with E-state index in [9.17, 15) is 4.79 Å². The molecule has 0 aliphatic carbocycles. The van der Waals surface area contributed by atoms with E-state index in [1.54, 1.807) is 36.7 Å². The number of carbonyl (C=O) groups excluding carboxylic acids is 1. The van der Waals surface area contributed by atoms with E-state index in [1.165, 1.54) is 0 Å². The zero-order valence-corrected chi connectivity index (χ0v) is 12.6. The SMILES string of the molecule is O=C(Nc1ccncc1)c1cc(-c2ccc3c(c2)OCCO3)on1. The molecule has 1 aliphatic heterocycles. The van der Waals surface area contributed by atoms with Crippen LogP contribution >= 0.6 is 0 Å². The van der Waals surface area contributed by atoms with Gasteiger partial charge in [-0.15, -0.1) is 0 Å². The maximum absolute atomic E-state index is 12.2. The third-order valence-electron chi connectivity index (χ3n) is 3.51. The summed E-state index contributed by atoms with van der Waals surface area (Å²) in [5.41, 5.74) is 1.59. The minimum absolute atomic E-state index is 0.191. The third kappa shape index (κ3) is 2.79. The summed E-state index contributed by atoms with van der Waals surface area (Å²) >= 11 is 0. The summed E-state index contributed by atoms with van der Waals surface area (Å²) in [6.45, 7) is 1.04. The number of anilines is 1. The molecule has 2 aromatic heterocycles. The number of carbonyl (C=O) groups is 1. The minimum atomic E-state index is -0.353. The smallest absolute Gasteiger partial charge is 0.277 e. The summed E-state index contributed by atoms with van der Waals surface area (Å²) in [6.07, 6.45) is 3.19. The molecule has 1 aliphatic rings. The Morgan fingerprint density at radius 3 is 2.62 bits per heavy atom. The highest BCUT2D eigenvalue weighted by molar-refractivity contribution is 6.03. The molecular formula is C17H13N3O4. The fourth-order valence-electron chi connectivity index (χ4n) is 2.35. The van der Waals surface area contributed by atoms with Gasteiger partial charge in [-0.2, -0.15) is 0 Å². The first-order valence-corrected chi connectivity index (χ1v) is 7.38. The molecule has 3 heterocycles. The van der Waals surface area contributed by atoms with Gasteiger partial charge in [0.15, 0.2) is 23.0 Å². The molecular weight excluding hydrogens is 310 g/mol. The maximum Gasteiger partial charge on any atom is 0.277 e. The quantitative estimate of drug-likeness (QED) is 0.797. The first kappa shape index (κ1) is 14.3. The zero-order chi connectivity index (χ0) is 16.4. The second-order valence-corrected chi connectivity index (χ2v) is 5.12. The van der Waals surface area contributed by atoms with Crippen molar-refractivity contribution in [1.82, 2.24) is 10.1 Å². The first-order valence-electron chi connectivity index (χ1n) is 7.38. The van der Waals surface area contributed by atoms with Gasteiger partial charge < -0.3 is 19.3 Å². The summed E-state index contributed by atoms with van der Waals surface area (Å²) in [6, 6.07) is 10.4. The number of hydrogen-bond donors (Lipinski definition) is 1. The van der Waals surface area contributed by atoms with Gasteiger partial charge in [-0.05, 0) is 30.3 Å². The van der Waals surface area contributed by atoms with Gasteiger partial charge in [-0.3, -0.25) is 9.78 Å². The predicted molar refractivity (Wildman–Crippen MR) is 85.1 cm³/mol. The Morgan fingerprint density at radius 1 is 1.00 bits per heavy atom. The Labute approximate surface area is 137 Å². The molecule has 0 radical (unpaired) electrons. The Balaban J connectivity index is 1.55. The molecule has 1 N–H and O–H groups in total. The van der Waals surface area contributed by atoms with Gasteiger partial charge >= 0.3 is 0 Å². The number of rotatable bonds is 3. The molecule has 1 aromatic carbocycles. The molecule has 0 fully saturated rings. The normalized spacial score (nSPS) is 12.7. The number of nitrogens with one attached hydrogen (secondary N) is 1. The largest absolute Gasteiger partial charge is 0.486 e. The van der Waals surface area contributed by atoms with Crippen LogP contribution in [-0.2, 0) is 0 Å². The van der Waals surface area contributed by atoms with E-state index in [4.69, 9.17) is 14.0 Å². The highest BCUT2D eigenvalue weighted by Crippen LogP contribution is 2.34. The number of fused-ring (bicyclic) bond motifs is 1. The van der Waals surface area contributed by atoms with Crippen molar-refractivity contribution in [3.63, 3.8) is 0 Å². The van der Waals surface area contributed by atoms with Crippen LogP contribution in [0.15, 0.2) is 53.3 Å². The maximum atomic E-state index is 12.2. The molecule has 0 saturated carbocycles. The number of pyridine rings is 1. The van der Waals surface area contributed by atoms with Crippen LogP contribution in [0.5, 0.6) is 11.5 Å². The molecule has 7 heteroatoms. The molecule has 1 amide bonds. The lowest BCUT2D eigenvalue weighted by atomic mass is 10.1. The second kappa shape index (κ2) is 6.04. The fraction of sp³-hybridized carbons (Fsp3) is 0.118. The number of ether oxygens (including phenoxy) is 2. The van der Waals surface area contributed by atoms with Gasteiger partial charge in [-0.25, -0.2) is 0 Å². The van der Waals surface area contributed by atoms with Gasteiger partial charge in [-0.1, -0.05) is 5.16 Å². The summed E-state index contributed by atoms with van der Waals surface area (Å²) in [7, 11) is 0. The number of amides is 1. The van der Waals surface area contributed by atoms with Crippen LogP contribution in [0.25, 0.3) is 11.3 Å². The van der Waals surface area contributed by atoms with E-state index < -0.39 is 0 Å². The van der Waals surface area contributed by atoms with E-state index in [0.717, 1.165) is 5.56 Å². The van der Waals surface area contributed by atoms with Crippen molar-refractivity contribution in [2.75, 3.05) is 18.5 Å². The van der Waals surface area contributed by atoms with E-state index in [1.807, 2.05) is 12.1 Å². The van der Waals surface area contributed by atoms with E-state index in [2.05, 4.69) is 15.5 Å². The van der Waals surface area contributed by atoms with Gasteiger partial charge in [0.25, 0.3) is 5.91 Å². The summed E-state index contributed by atoms with van der Waals surface area (Å²) in [5, 5.41) is 6.55. The predicted octanol–water partition coefficient (Wildman–Crippen LogP) is 2.76. The number of hydrogen-bond acceptors (Lipinski definition) is 6. The Bertz CT molecular complexity index is 877. The van der Waals surface area contributed by atoms with Crippen LogP contribution in [0.1, 0.15) is 10.5 Å². The first-order chi connectivity index (χ1) is 11.8. The molecule has 24 heavy (non-hydrogen) atoms. The van der Waals surface area contributed by atoms with Gasteiger partial charge in [0.05, 0.1) is 0 Å². The van der Waals surface area contributed by atoms with Gasteiger partial charge in [0, 0.05) is 29.7 Å². The van der Waals surface area contributed by atoms with Gasteiger partial charge in [0.2, 0.25) is 0 Å². The molecule has 0 saturated heterocycles. The van der Waals surface area contributed by atoms with Crippen LogP contribution in [0.3, 0.4) is 0 Å². The monoisotopic (exact) mass is 323 g/mol. The van der Waals surface area contributed by atoms with Crippen molar-refractivity contribution in [2.24, 2.45) is 0 Å². The fourth-order valence-corrected chi connectivity index (χ4v) is 2.35. The topological polar surface area (TPSA) is 86.5 Å². The minimum Gasteiger partial charge on any atom is -0.486 e. The van der Waals surface area contributed by atoms with Crippen molar-refractivity contribution in [2.45, 2.75) is 0 Å². The summed E-state index contributed by atoms with van der Waals surface area (Å²) in [5.74, 6) is 1.47. The van der Waals surface area contributed by atoms with Crippen molar-refractivity contribution in [3.05, 3.63) is 54.5 Å². The van der Waals surface area contributed by atoms with E-state index in [-0.39, 0.29) is 11.6 Å². The molecule has 7 nitrogen and oxygen atoms in total. The number of nitrogens with zero attached hydrogens (tertiary/aromatic N) is 2. The highest BCUT2D eigenvalue weighted by Gasteiger charge is 2.17. The van der Waals surface area contributed by atoms with Crippen LogP contribution in [0, 0.1) is 0 Å². The average molecular weight is 323 g/mol. The van der Waals surface area contributed by atoms with Crippen molar-refractivity contribution < 1.29 is 18.8 Å². The zero-order valence-electron chi connectivity index (χ0n) is 12.6. The Hall–Kier alpha value is -3.35. The number of aromatic nitrogens is 2. The van der Waals surface area contributed by atoms with Crippen LogP contribution < -0.4 is 14.8 Å². The molecule has 0 atom stereocenters.